The van der Waals surface area contributed by atoms with Crippen LogP contribution in [-0.2, 0) is 0 Å². The van der Waals surface area contributed by atoms with Gasteiger partial charge in [-0.25, -0.2) is 4.68 Å². The van der Waals surface area contributed by atoms with E-state index in [1.807, 2.05) is 10.9 Å². The van der Waals surface area contributed by atoms with Crippen molar-refractivity contribution in [3.63, 3.8) is 0 Å². The SMILES string of the molecule is Cc1ccc(-n2ncc(C3CCNC3)c2C)cc1. The summed E-state index contributed by atoms with van der Waals surface area (Å²) < 4.78 is 2.05. The minimum absolute atomic E-state index is 0.629. The zero-order valence-electron chi connectivity index (χ0n) is 11.0. The number of aryl methyl sites for hydroxylation is 1. The second kappa shape index (κ2) is 4.58. The quantitative estimate of drug-likeness (QED) is 0.875. The molecule has 1 N–H and O–H groups in total. The third kappa shape index (κ3) is 1.95. The lowest BCUT2D eigenvalue weighted by atomic mass is 9.99. The van der Waals surface area contributed by atoms with Gasteiger partial charge in [-0.2, -0.15) is 5.10 Å². The Morgan fingerprint density at radius 2 is 2.00 bits per heavy atom. The summed E-state index contributed by atoms with van der Waals surface area (Å²) in [5.74, 6) is 0.629. The van der Waals surface area contributed by atoms with Gasteiger partial charge >= 0.3 is 0 Å². The smallest absolute Gasteiger partial charge is 0.0648 e. The lowest BCUT2D eigenvalue weighted by Crippen LogP contribution is -2.08. The van der Waals surface area contributed by atoms with Gasteiger partial charge in [0.2, 0.25) is 0 Å². The summed E-state index contributed by atoms with van der Waals surface area (Å²) in [5, 5.41) is 7.97. The van der Waals surface area contributed by atoms with Crippen LogP contribution >= 0.6 is 0 Å². The molecule has 1 saturated heterocycles. The van der Waals surface area contributed by atoms with Crippen LogP contribution < -0.4 is 5.32 Å². The Bertz CT molecular complexity index is 533. The Morgan fingerprint density at radius 1 is 1.22 bits per heavy atom. The van der Waals surface area contributed by atoms with E-state index < -0.39 is 0 Å². The van der Waals surface area contributed by atoms with Crippen molar-refractivity contribution < 1.29 is 0 Å². The summed E-state index contributed by atoms with van der Waals surface area (Å²) in [6.07, 6.45) is 3.26. The highest BCUT2D eigenvalue weighted by Crippen LogP contribution is 2.26. The van der Waals surface area contributed by atoms with Crippen LogP contribution in [0.4, 0.5) is 0 Å². The summed E-state index contributed by atoms with van der Waals surface area (Å²) in [4.78, 5) is 0. The summed E-state index contributed by atoms with van der Waals surface area (Å²) in [6, 6.07) is 8.53. The van der Waals surface area contributed by atoms with E-state index in [9.17, 15) is 0 Å². The second-order valence-corrected chi connectivity index (χ2v) is 5.12. The average molecular weight is 241 g/mol. The fourth-order valence-electron chi connectivity index (χ4n) is 2.69. The zero-order chi connectivity index (χ0) is 12.5. The van der Waals surface area contributed by atoms with E-state index in [2.05, 4.69) is 48.5 Å². The lowest BCUT2D eigenvalue weighted by molar-refractivity contribution is 0.752. The third-order valence-electron chi connectivity index (χ3n) is 3.83. The Balaban J connectivity index is 1.96. The molecule has 3 nitrogen and oxygen atoms in total. The van der Waals surface area contributed by atoms with E-state index in [-0.39, 0.29) is 0 Å². The molecule has 2 heterocycles. The molecule has 1 fully saturated rings. The molecule has 0 amide bonds. The molecule has 1 aliphatic rings. The number of benzene rings is 1. The standard InChI is InChI=1S/C15H19N3/c1-11-3-5-14(6-4-11)18-12(2)15(10-17-18)13-7-8-16-9-13/h3-6,10,13,16H,7-9H2,1-2H3. The molecule has 18 heavy (non-hydrogen) atoms. The number of nitrogens with zero attached hydrogens (tertiary/aromatic N) is 2. The van der Waals surface area contributed by atoms with Crippen LogP contribution in [0.1, 0.15) is 29.2 Å². The van der Waals surface area contributed by atoms with E-state index >= 15 is 0 Å². The second-order valence-electron chi connectivity index (χ2n) is 5.12. The predicted molar refractivity (Wildman–Crippen MR) is 73.3 cm³/mol. The number of hydrogen-bond acceptors (Lipinski definition) is 2. The minimum Gasteiger partial charge on any atom is -0.316 e. The average Bonchev–Trinajstić information content (AvgIpc) is 2.99. The maximum absolute atomic E-state index is 4.55. The van der Waals surface area contributed by atoms with Gasteiger partial charge in [0.1, 0.15) is 0 Å². The van der Waals surface area contributed by atoms with Gasteiger partial charge in [-0.15, -0.1) is 0 Å². The van der Waals surface area contributed by atoms with E-state index in [1.54, 1.807) is 0 Å². The van der Waals surface area contributed by atoms with Crippen LogP contribution in [0.5, 0.6) is 0 Å². The number of nitrogens with one attached hydrogen (secondary N) is 1. The molecule has 0 saturated carbocycles. The van der Waals surface area contributed by atoms with Gasteiger partial charge in [-0.1, -0.05) is 17.7 Å². The molecule has 1 aliphatic heterocycles. The van der Waals surface area contributed by atoms with Crippen LogP contribution in [-0.4, -0.2) is 22.9 Å². The Kier molecular flexibility index (Phi) is 2.92. The Labute approximate surface area is 108 Å². The fourth-order valence-corrected chi connectivity index (χ4v) is 2.69. The number of hydrogen-bond donors (Lipinski definition) is 1. The molecule has 1 aromatic heterocycles. The highest BCUT2D eigenvalue weighted by atomic mass is 15.3. The highest BCUT2D eigenvalue weighted by molar-refractivity contribution is 5.37. The highest BCUT2D eigenvalue weighted by Gasteiger charge is 2.21. The molecule has 1 aromatic carbocycles. The van der Waals surface area contributed by atoms with Crippen molar-refractivity contribution >= 4 is 0 Å². The van der Waals surface area contributed by atoms with Crippen molar-refractivity contribution in [1.82, 2.24) is 15.1 Å². The monoisotopic (exact) mass is 241 g/mol. The van der Waals surface area contributed by atoms with Crippen molar-refractivity contribution in [2.75, 3.05) is 13.1 Å². The van der Waals surface area contributed by atoms with Gasteiger partial charge in [-0.3, -0.25) is 0 Å². The Morgan fingerprint density at radius 3 is 2.67 bits per heavy atom. The molecule has 0 radical (unpaired) electrons. The van der Waals surface area contributed by atoms with E-state index in [1.165, 1.54) is 23.2 Å². The van der Waals surface area contributed by atoms with Crippen LogP contribution in [0.2, 0.25) is 0 Å². The first-order valence-corrected chi connectivity index (χ1v) is 6.58. The van der Waals surface area contributed by atoms with Crippen molar-refractivity contribution in [3.05, 3.63) is 47.3 Å². The summed E-state index contributed by atoms with van der Waals surface area (Å²) >= 11 is 0. The van der Waals surface area contributed by atoms with Gasteiger partial charge in [0.05, 0.1) is 11.9 Å². The maximum atomic E-state index is 4.55. The van der Waals surface area contributed by atoms with Crippen LogP contribution in [0.25, 0.3) is 5.69 Å². The minimum atomic E-state index is 0.629. The van der Waals surface area contributed by atoms with Crippen molar-refractivity contribution in [2.24, 2.45) is 0 Å². The molecule has 94 valence electrons. The maximum Gasteiger partial charge on any atom is 0.0648 e. The largest absolute Gasteiger partial charge is 0.316 e. The van der Waals surface area contributed by atoms with Crippen LogP contribution in [0.15, 0.2) is 30.5 Å². The molecule has 3 rings (SSSR count). The van der Waals surface area contributed by atoms with Gasteiger partial charge in [0, 0.05) is 18.2 Å². The van der Waals surface area contributed by atoms with Crippen LogP contribution in [0.3, 0.4) is 0 Å². The molecular formula is C15H19N3. The predicted octanol–water partition coefficient (Wildman–Crippen LogP) is 2.57. The summed E-state index contributed by atoms with van der Waals surface area (Å²) in [6.45, 7) is 6.48. The topological polar surface area (TPSA) is 29.9 Å². The van der Waals surface area contributed by atoms with E-state index in [4.69, 9.17) is 0 Å². The van der Waals surface area contributed by atoms with Crippen molar-refractivity contribution in [1.29, 1.82) is 0 Å². The van der Waals surface area contributed by atoms with Gasteiger partial charge in [-0.05, 0) is 44.5 Å². The third-order valence-corrected chi connectivity index (χ3v) is 3.83. The molecule has 0 bridgehead atoms. The molecule has 2 aromatic rings. The van der Waals surface area contributed by atoms with Crippen LogP contribution in [0, 0.1) is 13.8 Å². The Hall–Kier alpha value is -1.61. The van der Waals surface area contributed by atoms with Gasteiger partial charge < -0.3 is 5.32 Å². The first-order chi connectivity index (χ1) is 8.75. The molecule has 0 aliphatic carbocycles. The molecular weight excluding hydrogens is 222 g/mol. The summed E-state index contributed by atoms with van der Waals surface area (Å²) in [5.41, 5.74) is 5.09. The summed E-state index contributed by atoms with van der Waals surface area (Å²) in [7, 11) is 0. The van der Waals surface area contributed by atoms with Crippen molar-refractivity contribution in [2.45, 2.75) is 26.2 Å². The molecule has 1 atom stereocenters. The lowest BCUT2D eigenvalue weighted by Gasteiger charge is -2.09. The fraction of sp³-hybridized carbons (Fsp3) is 0.400. The van der Waals surface area contributed by atoms with Gasteiger partial charge in [0.25, 0.3) is 0 Å². The first kappa shape index (κ1) is 11.5. The molecule has 1 unspecified atom stereocenters. The molecule has 3 heteroatoms. The zero-order valence-corrected chi connectivity index (χ0v) is 11.0. The van der Waals surface area contributed by atoms with E-state index in [0.717, 1.165) is 18.8 Å². The molecule has 0 spiro atoms. The number of aromatic nitrogens is 2. The van der Waals surface area contributed by atoms with Crippen molar-refractivity contribution in [3.8, 4) is 5.69 Å². The normalized spacial score (nSPS) is 19.3. The number of rotatable bonds is 2. The van der Waals surface area contributed by atoms with Gasteiger partial charge in [0.15, 0.2) is 0 Å². The van der Waals surface area contributed by atoms with E-state index in [0.29, 0.717) is 5.92 Å². The first-order valence-electron chi connectivity index (χ1n) is 6.58.